The SMILES string of the molecule is Cc1cc(=O)c(C(=O)NCC2CC2)nn1-c1ccccc1Cl. The highest BCUT2D eigenvalue weighted by Gasteiger charge is 2.23. The number of amides is 1. The van der Waals surface area contributed by atoms with Crippen molar-refractivity contribution < 1.29 is 4.79 Å². The molecular formula is C16H16ClN3O2. The van der Waals surface area contributed by atoms with E-state index in [1.807, 2.05) is 12.1 Å². The lowest BCUT2D eigenvalue weighted by Crippen LogP contribution is -2.33. The van der Waals surface area contributed by atoms with Gasteiger partial charge in [0, 0.05) is 18.3 Å². The quantitative estimate of drug-likeness (QED) is 0.941. The summed E-state index contributed by atoms with van der Waals surface area (Å²) in [7, 11) is 0. The Bertz CT molecular complexity index is 781. The molecule has 1 aromatic carbocycles. The molecule has 1 aliphatic rings. The third-order valence-electron chi connectivity index (χ3n) is 3.65. The average Bonchev–Trinajstić information content (AvgIpc) is 3.30. The molecule has 1 N–H and O–H groups in total. The van der Waals surface area contributed by atoms with Gasteiger partial charge < -0.3 is 5.32 Å². The molecule has 1 heterocycles. The number of nitrogens with zero attached hydrogens (tertiary/aromatic N) is 2. The summed E-state index contributed by atoms with van der Waals surface area (Å²) >= 11 is 6.17. The summed E-state index contributed by atoms with van der Waals surface area (Å²) < 4.78 is 1.52. The predicted molar refractivity (Wildman–Crippen MR) is 84.6 cm³/mol. The molecule has 22 heavy (non-hydrogen) atoms. The topological polar surface area (TPSA) is 64.0 Å². The molecule has 1 aliphatic carbocycles. The van der Waals surface area contributed by atoms with E-state index in [9.17, 15) is 9.59 Å². The number of aromatic nitrogens is 2. The zero-order valence-electron chi connectivity index (χ0n) is 12.2. The number of carbonyl (C=O) groups is 1. The van der Waals surface area contributed by atoms with Crippen LogP contribution >= 0.6 is 11.6 Å². The van der Waals surface area contributed by atoms with Gasteiger partial charge in [0.05, 0.1) is 10.7 Å². The van der Waals surface area contributed by atoms with E-state index in [0.717, 1.165) is 12.8 Å². The van der Waals surface area contributed by atoms with Crippen molar-refractivity contribution in [1.82, 2.24) is 15.1 Å². The van der Waals surface area contributed by atoms with Crippen LogP contribution < -0.4 is 10.7 Å². The molecule has 0 spiro atoms. The molecule has 1 saturated carbocycles. The number of hydrogen-bond acceptors (Lipinski definition) is 3. The predicted octanol–water partition coefficient (Wildman–Crippen LogP) is 2.33. The van der Waals surface area contributed by atoms with Crippen LogP contribution in [0.4, 0.5) is 0 Å². The molecular weight excluding hydrogens is 302 g/mol. The minimum Gasteiger partial charge on any atom is -0.350 e. The molecule has 0 aliphatic heterocycles. The zero-order valence-corrected chi connectivity index (χ0v) is 12.9. The van der Waals surface area contributed by atoms with Crippen LogP contribution in [0.1, 0.15) is 29.0 Å². The fourth-order valence-corrected chi connectivity index (χ4v) is 2.43. The average molecular weight is 318 g/mol. The Morgan fingerprint density at radius 1 is 1.41 bits per heavy atom. The first-order valence-electron chi connectivity index (χ1n) is 7.20. The molecule has 0 saturated heterocycles. The molecule has 0 bridgehead atoms. The van der Waals surface area contributed by atoms with Crippen molar-refractivity contribution >= 4 is 17.5 Å². The van der Waals surface area contributed by atoms with Crippen LogP contribution in [0.2, 0.25) is 5.02 Å². The first kappa shape index (κ1) is 14.8. The van der Waals surface area contributed by atoms with E-state index in [-0.39, 0.29) is 11.1 Å². The van der Waals surface area contributed by atoms with Gasteiger partial charge in [-0.05, 0) is 37.8 Å². The molecule has 0 radical (unpaired) electrons. The van der Waals surface area contributed by atoms with Crippen molar-refractivity contribution in [3.8, 4) is 5.69 Å². The number of para-hydroxylation sites is 1. The van der Waals surface area contributed by atoms with Crippen LogP contribution in [0.15, 0.2) is 35.1 Å². The maximum Gasteiger partial charge on any atom is 0.275 e. The van der Waals surface area contributed by atoms with Crippen LogP contribution in [0, 0.1) is 12.8 Å². The lowest BCUT2D eigenvalue weighted by molar-refractivity contribution is 0.0944. The molecule has 2 aromatic rings. The Labute approximate surface area is 132 Å². The minimum atomic E-state index is -0.433. The second-order valence-corrected chi connectivity index (χ2v) is 5.92. The Kier molecular flexibility index (Phi) is 3.98. The third-order valence-corrected chi connectivity index (χ3v) is 3.97. The van der Waals surface area contributed by atoms with Gasteiger partial charge in [-0.2, -0.15) is 5.10 Å². The van der Waals surface area contributed by atoms with Crippen LogP contribution in [-0.4, -0.2) is 22.2 Å². The summed E-state index contributed by atoms with van der Waals surface area (Å²) in [6.45, 7) is 2.35. The molecule has 5 nitrogen and oxygen atoms in total. The minimum absolute atomic E-state index is 0.105. The van der Waals surface area contributed by atoms with Crippen LogP contribution in [0.5, 0.6) is 0 Å². The highest BCUT2D eigenvalue weighted by Crippen LogP contribution is 2.27. The van der Waals surface area contributed by atoms with Crippen molar-refractivity contribution in [2.75, 3.05) is 6.54 Å². The summed E-state index contributed by atoms with van der Waals surface area (Å²) in [6.07, 6.45) is 2.26. The Morgan fingerprint density at radius 3 is 2.82 bits per heavy atom. The number of nitrogens with one attached hydrogen (secondary N) is 1. The summed E-state index contributed by atoms with van der Waals surface area (Å²) in [5, 5.41) is 7.48. The van der Waals surface area contributed by atoms with Crippen LogP contribution in [0.25, 0.3) is 5.69 Å². The van der Waals surface area contributed by atoms with Gasteiger partial charge >= 0.3 is 0 Å². The van der Waals surface area contributed by atoms with Gasteiger partial charge in [-0.15, -0.1) is 0 Å². The molecule has 6 heteroatoms. The van der Waals surface area contributed by atoms with Crippen LogP contribution in [0.3, 0.4) is 0 Å². The number of rotatable bonds is 4. The van der Waals surface area contributed by atoms with Gasteiger partial charge in [0.2, 0.25) is 5.43 Å². The molecule has 0 atom stereocenters. The normalized spacial score (nSPS) is 13.9. The monoisotopic (exact) mass is 317 g/mol. The maximum absolute atomic E-state index is 12.2. The summed E-state index contributed by atoms with van der Waals surface area (Å²) in [5.41, 5.74) is 0.773. The largest absolute Gasteiger partial charge is 0.350 e. The molecule has 3 rings (SSSR count). The summed E-state index contributed by atoms with van der Waals surface area (Å²) in [6, 6.07) is 8.57. The van der Waals surface area contributed by atoms with E-state index < -0.39 is 5.91 Å². The van der Waals surface area contributed by atoms with Crippen molar-refractivity contribution in [2.45, 2.75) is 19.8 Å². The van der Waals surface area contributed by atoms with Crippen molar-refractivity contribution in [3.63, 3.8) is 0 Å². The lowest BCUT2D eigenvalue weighted by Gasteiger charge is -2.12. The van der Waals surface area contributed by atoms with E-state index >= 15 is 0 Å². The maximum atomic E-state index is 12.2. The van der Waals surface area contributed by atoms with Gasteiger partial charge in [0.1, 0.15) is 0 Å². The Hall–Kier alpha value is -2.14. The smallest absolute Gasteiger partial charge is 0.275 e. The number of aryl methyl sites for hydroxylation is 1. The lowest BCUT2D eigenvalue weighted by atomic mass is 10.2. The Morgan fingerprint density at radius 2 is 2.14 bits per heavy atom. The van der Waals surface area contributed by atoms with Crippen molar-refractivity contribution in [2.24, 2.45) is 5.92 Å². The van der Waals surface area contributed by atoms with Gasteiger partial charge in [-0.25, -0.2) is 4.68 Å². The molecule has 0 unspecified atom stereocenters. The number of benzene rings is 1. The van der Waals surface area contributed by atoms with Crippen molar-refractivity contribution in [3.05, 3.63) is 57.0 Å². The third kappa shape index (κ3) is 3.04. The van der Waals surface area contributed by atoms with E-state index in [4.69, 9.17) is 11.6 Å². The molecule has 1 aromatic heterocycles. The number of halogens is 1. The van der Waals surface area contributed by atoms with Gasteiger partial charge in [0.25, 0.3) is 5.91 Å². The number of hydrogen-bond donors (Lipinski definition) is 1. The van der Waals surface area contributed by atoms with Gasteiger partial charge in [-0.1, -0.05) is 23.7 Å². The van der Waals surface area contributed by atoms with E-state index in [1.165, 1.54) is 10.7 Å². The van der Waals surface area contributed by atoms with Gasteiger partial charge in [0.15, 0.2) is 5.69 Å². The van der Waals surface area contributed by atoms with E-state index in [2.05, 4.69) is 10.4 Å². The standard InChI is InChI=1S/C16H16ClN3O2/c1-10-8-14(21)15(16(22)18-9-11-6-7-11)19-20(10)13-5-3-2-4-12(13)17/h2-5,8,11H,6-7,9H2,1H3,(H,18,22). The Balaban J connectivity index is 1.97. The second-order valence-electron chi connectivity index (χ2n) is 5.52. The molecule has 114 valence electrons. The highest BCUT2D eigenvalue weighted by molar-refractivity contribution is 6.32. The summed E-state index contributed by atoms with van der Waals surface area (Å²) in [4.78, 5) is 24.2. The summed E-state index contributed by atoms with van der Waals surface area (Å²) in [5.74, 6) is 0.109. The first-order valence-corrected chi connectivity index (χ1v) is 7.58. The van der Waals surface area contributed by atoms with E-state index in [1.54, 1.807) is 19.1 Å². The fraction of sp³-hybridized carbons (Fsp3) is 0.312. The van der Waals surface area contributed by atoms with Crippen molar-refractivity contribution in [1.29, 1.82) is 0 Å². The van der Waals surface area contributed by atoms with Crippen LogP contribution in [-0.2, 0) is 0 Å². The molecule has 1 fully saturated rings. The number of carbonyl (C=O) groups excluding carboxylic acids is 1. The second kappa shape index (κ2) is 5.93. The highest BCUT2D eigenvalue weighted by atomic mass is 35.5. The van der Waals surface area contributed by atoms with Gasteiger partial charge in [-0.3, -0.25) is 9.59 Å². The van der Waals surface area contributed by atoms with E-state index in [0.29, 0.717) is 28.9 Å². The first-order chi connectivity index (χ1) is 10.6. The molecule has 1 amide bonds. The fourth-order valence-electron chi connectivity index (χ4n) is 2.21. The zero-order chi connectivity index (χ0) is 15.7.